The maximum absolute atomic E-state index is 7.25. The molecule has 2 rings (SSSR count). The maximum Gasteiger partial charge on any atom is 0.151 e. The van der Waals surface area contributed by atoms with Gasteiger partial charge in [0, 0.05) is 11.7 Å². The summed E-state index contributed by atoms with van der Waals surface area (Å²) in [6, 6.07) is 8.11. The van der Waals surface area contributed by atoms with Crippen molar-refractivity contribution in [1.29, 1.82) is 5.41 Å². The summed E-state index contributed by atoms with van der Waals surface area (Å²) in [6.07, 6.45) is 0.612. The lowest BCUT2D eigenvalue weighted by Crippen LogP contribution is -2.14. The number of thiazole rings is 1. The van der Waals surface area contributed by atoms with Crippen LogP contribution < -0.4 is 5.73 Å². The Kier molecular flexibility index (Phi) is 3.46. The first-order valence-corrected chi connectivity index (χ1v) is 6.70. The van der Waals surface area contributed by atoms with E-state index in [4.69, 9.17) is 11.1 Å². The summed E-state index contributed by atoms with van der Waals surface area (Å²) in [5.74, 6) is 0.237. The lowest BCUT2D eigenvalue weighted by atomic mass is 10.3. The number of nitrogens with two attached hydrogens (primary N) is 1. The van der Waals surface area contributed by atoms with Crippen LogP contribution in [0.25, 0.3) is 10.2 Å². The maximum atomic E-state index is 7.25. The molecule has 1 unspecified atom stereocenters. The van der Waals surface area contributed by atoms with E-state index in [1.54, 1.807) is 23.1 Å². The molecule has 0 aliphatic rings. The van der Waals surface area contributed by atoms with E-state index >= 15 is 0 Å². The third kappa shape index (κ3) is 2.74. The van der Waals surface area contributed by atoms with Gasteiger partial charge in [0.25, 0.3) is 0 Å². The highest BCUT2D eigenvalue weighted by molar-refractivity contribution is 8.01. The van der Waals surface area contributed by atoms with Crippen LogP contribution in [0, 0.1) is 5.41 Å². The minimum absolute atomic E-state index is 0.237. The van der Waals surface area contributed by atoms with Gasteiger partial charge in [-0.25, -0.2) is 4.98 Å². The predicted molar refractivity (Wildman–Crippen MR) is 71.5 cm³/mol. The predicted octanol–water partition coefficient (Wildman–Crippen LogP) is 3.10. The number of amidine groups is 1. The Labute approximate surface area is 103 Å². The van der Waals surface area contributed by atoms with Crippen molar-refractivity contribution in [2.24, 2.45) is 5.73 Å². The molecule has 0 fully saturated rings. The number of benzene rings is 1. The lowest BCUT2D eigenvalue weighted by Gasteiger charge is -2.06. The van der Waals surface area contributed by atoms with Crippen LogP contribution in [0.2, 0.25) is 0 Å². The van der Waals surface area contributed by atoms with Crippen molar-refractivity contribution in [3.63, 3.8) is 0 Å². The highest BCUT2D eigenvalue weighted by Gasteiger charge is 2.09. The number of nitrogens with one attached hydrogen (secondary N) is 1. The van der Waals surface area contributed by atoms with Gasteiger partial charge in [-0.1, -0.05) is 30.8 Å². The zero-order chi connectivity index (χ0) is 11.5. The number of hydrogen-bond donors (Lipinski definition) is 2. The average Bonchev–Trinajstić information content (AvgIpc) is 2.57. The summed E-state index contributed by atoms with van der Waals surface area (Å²) in [4.78, 5) is 4.53. The zero-order valence-corrected chi connectivity index (χ0v) is 10.6. The van der Waals surface area contributed by atoms with Gasteiger partial charge in [0.2, 0.25) is 0 Å². The minimum atomic E-state index is 0.237. The second kappa shape index (κ2) is 4.84. The second-order valence-electron chi connectivity index (χ2n) is 3.61. The number of rotatable bonds is 4. The number of hydrogen-bond acceptors (Lipinski definition) is 4. The van der Waals surface area contributed by atoms with E-state index in [1.807, 2.05) is 18.2 Å². The summed E-state index contributed by atoms with van der Waals surface area (Å²) in [7, 11) is 0. The van der Waals surface area contributed by atoms with E-state index in [0.717, 1.165) is 9.86 Å². The van der Waals surface area contributed by atoms with Crippen LogP contribution in [0.1, 0.15) is 13.3 Å². The highest BCUT2D eigenvalue weighted by atomic mass is 32.2. The molecule has 0 radical (unpaired) electrons. The van der Waals surface area contributed by atoms with Crippen LogP contribution in [-0.2, 0) is 0 Å². The number of thioether (sulfide) groups is 1. The number of nitrogens with zero attached hydrogens (tertiary/aromatic N) is 1. The van der Waals surface area contributed by atoms with E-state index in [0.29, 0.717) is 11.7 Å². The topological polar surface area (TPSA) is 62.8 Å². The SMILES string of the molecule is CC(CC(=N)N)Sc1nc2ccccc2s1. The molecule has 84 valence electrons. The van der Waals surface area contributed by atoms with Gasteiger partial charge in [-0.05, 0) is 12.1 Å². The molecule has 0 aliphatic carbocycles. The summed E-state index contributed by atoms with van der Waals surface area (Å²) < 4.78 is 2.26. The van der Waals surface area contributed by atoms with Crippen LogP contribution in [0.15, 0.2) is 28.6 Å². The third-order valence-electron chi connectivity index (χ3n) is 2.08. The van der Waals surface area contributed by atoms with Gasteiger partial charge in [-0.2, -0.15) is 0 Å². The molecule has 0 bridgehead atoms. The van der Waals surface area contributed by atoms with Crippen molar-refractivity contribution in [2.45, 2.75) is 22.9 Å². The van der Waals surface area contributed by atoms with Crippen molar-refractivity contribution in [1.82, 2.24) is 4.98 Å². The van der Waals surface area contributed by atoms with Crippen molar-refractivity contribution >= 4 is 39.2 Å². The molecule has 0 saturated carbocycles. The van der Waals surface area contributed by atoms with Crippen molar-refractivity contribution in [3.8, 4) is 0 Å². The lowest BCUT2D eigenvalue weighted by molar-refractivity contribution is 0.994. The summed E-state index contributed by atoms with van der Waals surface area (Å²) in [5.41, 5.74) is 6.42. The smallest absolute Gasteiger partial charge is 0.151 e. The van der Waals surface area contributed by atoms with Crippen LogP contribution in [0.5, 0.6) is 0 Å². The van der Waals surface area contributed by atoms with Crippen LogP contribution in [0.3, 0.4) is 0 Å². The Morgan fingerprint density at radius 3 is 3.00 bits per heavy atom. The Bertz CT molecular complexity index is 474. The molecule has 1 aromatic carbocycles. The van der Waals surface area contributed by atoms with Crippen molar-refractivity contribution in [3.05, 3.63) is 24.3 Å². The first-order chi connectivity index (χ1) is 7.65. The first kappa shape index (κ1) is 11.4. The van der Waals surface area contributed by atoms with E-state index in [1.165, 1.54) is 4.70 Å². The third-order valence-corrected chi connectivity index (χ3v) is 4.32. The molecular formula is C11H13N3S2. The Balaban J connectivity index is 2.12. The molecule has 2 aromatic rings. The number of para-hydroxylation sites is 1. The Morgan fingerprint density at radius 2 is 2.31 bits per heavy atom. The van der Waals surface area contributed by atoms with Gasteiger partial charge >= 0.3 is 0 Å². The summed E-state index contributed by atoms with van der Waals surface area (Å²) in [6.45, 7) is 2.07. The quantitative estimate of drug-likeness (QED) is 0.498. The second-order valence-corrected chi connectivity index (χ2v) is 6.32. The molecule has 0 aliphatic heterocycles. The zero-order valence-electron chi connectivity index (χ0n) is 8.93. The highest BCUT2D eigenvalue weighted by Crippen LogP contribution is 2.32. The van der Waals surface area contributed by atoms with Crippen LogP contribution in [-0.4, -0.2) is 16.1 Å². The standard InChI is InChI=1S/C11H13N3S2/c1-7(6-10(12)13)15-11-14-8-4-2-3-5-9(8)16-11/h2-5,7H,6H2,1H3,(H3,12,13). The molecule has 16 heavy (non-hydrogen) atoms. The van der Waals surface area contributed by atoms with Gasteiger partial charge in [0.1, 0.15) is 0 Å². The molecule has 1 atom stereocenters. The summed E-state index contributed by atoms with van der Waals surface area (Å²) in [5, 5.41) is 7.55. The molecule has 1 heterocycles. The molecule has 3 nitrogen and oxygen atoms in total. The fourth-order valence-corrected chi connectivity index (χ4v) is 3.83. The normalized spacial score (nSPS) is 12.8. The first-order valence-electron chi connectivity index (χ1n) is 5.00. The van der Waals surface area contributed by atoms with Gasteiger partial charge in [-0.15, -0.1) is 11.3 Å². The van der Waals surface area contributed by atoms with E-state index < -0.39 is 0 Å². The summed E-state index contributed by atoms with van der Waals surface area (Å²) >= 11 is 3.38. The van der Waals surface area contributed by atoms with Crippen molar-refractivity contribution in [2.75, 3.05) is 0 Å². The fourth-order valence-electron chi connectivity index (χ4n) is 1.42. The van der Waals surface area contributed by atoms with Crippen molar-refractivity contribution < 1.29 is 0 Å². The molecular weight excluding hydrogens is 238 g/mol. The van der Waals surface area contributed by atoms with Gasteiger partial charge in [-0.3, -0.25) is 5.41 Å². The Hall–Kier alpha value is -1.07. The van der Waals surface area contributed by atoms with E-state index in [2.05, 4.69) is 18.0 Å². The largest absolute Gasteiger partial charge is 0.388 e. The molecule has 0 amide bonds. The van der Waals surface area contributed by atoms with E-state index in [9.17, 15) is 0 Å². The minimum Gasteiger partial charge on any atom is -0.388 e. The fraction of sp³-hybridized carbons (Fsp3) is 0.273. The Morgan fingerprint density at radius 1 is 1.56 bits per heavy atom. The van der Waals surface area contributed by atoms with Gasteiger partial charge in [0.15, 0.2) is 4.34 Å². The molecule has 1 aromatic heterocycles. The molecule has 5 heteroatoms. The van der Waals surface area contributed by atoms with E-state index in [-0.39, 0.29) is 5.84 Å². The monoisotopic (exact) mass is 251 g/mol. The number of fused-ring (bicyclic) bond motifs is 1. The van der Waals surface area contributed by atoms with Gasteiger partial charge in [0.05, 0.1) is 16.1 Å². The molecule has 3 N–H and O–H groups in total. The van der Waals surface area contributed by atoms with Gasteiger partial charge < -0.3 is 5.73 Å². The average molecular weight is 251 g/mol. The molecule has 0 spiro atoms. The van der Waals surface area contributed by atoms with Crippen LogP contribution in [0.4, 0.5) is 0 Å². The number of aromatic nitrogens is 1. The van der Waals surface area contributed by atoms with Crippen LogP contribution >= 0.6 is 23.1 Å². The molecule has 0 saturated heterocycles.